The van der Waals surface area contributed by atoms with Crippen molar-refractivity contribution in [3.8, 4) is 0 Å². The maximum atomic E-state index is 12.1. The number of benzene rings is 1. The van der Waals surface area contributed by atoms with Crippen LogP contribution in [0.2, 0.25) is 0 Å². The van der Waals surface area contributed by atoms with Crippen LogP contribution in [0, 0.1) is 6.92 Å². The molecule has 1 aromatic carbocycles. The summed E-state index contributed by atoms with van der Waals surface area (Å²) < 4.78 is 0. The zero-order chi connectivity index (χ0) is 16.7. The Labute approximate surface area is 141 Å². The molecule has 5 heteroatoms. The topological polar surface area (TPSA) is 49.4 Å². The van der Waals surface area contributed by atoms with Gasteiger partial charge in [-0.1, -0.05) is 30.3 Å². The SMILES string of the molecule is Cc1ccc(CC(=O)NCCC(=O)N(C)Cc2ccccc2)s1. The number of carbonyl (C=O) groups excluding carboxylic acids is 2. The molecule has 1 N–H and O–H groups in total. The van der Waals surface area contributed by atoms with Gasteiger partial charge >= 0.3 is 0 Å². The number of nitrogens with zero attached hydrogens (tertiary/aromatic N) is 1. The second kappa shape index (κ2) is 8.48. The lowest BCUT2D eigenvalue weighted by Gasteiger charge is -2.17. The van der Waals surface area contributed by atoms with Crippen LogP contribution in [0.5, 0.6) is 0 Å². The number of aryl methyl sites for hydroxylation is 1. The zero-order valence-electron chi connectivity index (χ0n) is 13.5. The molecule has 0 aliphatic heterocycles. The van der Waals surface area contributed by atoms with Crippen molar-refractivity contribution >= 4 is 23.2 Å². The summed E-state index contributed by atoms with van der Waals surface area (Å²) in [6.07, 6.45) is 0.699. The molecule has 0 fully saturated rings. The summed E-state index contributed by atoms with van der Waals surface area (Å²) >= 11 is 1.63. The van der Waals surface area contributed by atoms with E-state index in [1.807, 2.05) is 49.4 Å². The third-order valence-corrected chi connectivity index (χ3v) is 4.48. The van der Waals surface area contributed by atoms with Crippen LogP contribution in [-0.4, -0.2) is 30.3 Å². The molecule has 0 radical (unpaired) electrons. The molecule has 2 aromatic rings. The van der Waals surface area contributed by atoms with Gasteiger partial charge in [0.25, 0.3) is 0 Å². The van der Waals surface area contributed by atoms with Gasteiger partial charge in [-0.2, -0.15) is 0 Å². The minimum Gasteiger partial charge on any atom is -0.355 e. The Bertz CT molecular complexity index is 652. The standard InChI is InChI=1S/C18H22N2O2S/c1-14-8-9-16(23-14)12-17(21)19-11-10-18(22)20(2)13-15-6-4-3-5-7-15/h3-9H,10-13H2,1-2H3,(H,19,21). The number of hydrogen-bond acceptors (Lipinski definition) is 3. The van der Waals surface area contributed by atoms with E-state index in [2.05, 4.69) is 5.32 Å². The van der Waals surface area contributed by atoms with Crippen molar-refractivity contribution in [3.63, 3.8) is 0 Å². The summed E-state index contributed by atoms with van der Waals surface area (Å²) in [4.78, 5) is 27.8. The minimum absolute atomic E-state index is 0.0288. The monoisotopic (exact) mass is 330 g/mol. The summed E-state index contributed by atoms with van der Waals surface area (Å²) in [7, 11) is 1.78. The van der Waals surface area contributed by atoms with Crippen molar-refractivity contribution in [3.05, 3.63) is 57.8 Å². The molecule has 122 valence electrons. The van der Waals surface area contributed by atoms with E-state index >= 15 is 0 Å². The molecule has 0 atom stereocenters. The fourth-order valence-electron chi connectivity index (χ4n) is 2.25. The molecule has 0 spiro atoms. The summed E-state index contributed by atoms with van der Waals surface area (Å²) in [5.74, 6) is -0.00789. The van der Waals surface area contributed by atoms with E-state index < -0.39 is 0 Å². The molecular weight excluding hydrogens is 308 g/mol. The average Bonchev–Trinajstić information content (AvgIpc) is 2.93. The number of nitrogens with one attached hydrogen (secondary N) is 1. The van der Waals surface area contributed by atoms with E-state index in [0.717, 1.165) is 10.4 Å². The van der Waals surface area contributed by atoms with Crippen molar-refractivity contribution in [2.75, 3.05) is 13.6 Å². The van der Waals surface area contributed by atoms with Crippen LogP contribution < -0.4 is 5.32 Å². The first-order valence-electron chi connectivity index (χ1n) is 7.64. The molecule has 0 aliphatic carbocycles. The fourth-order valence-corrected chi connectivity index (χ4v) is 3.14. The largest absolute Gasteiger partial charge is 0.355 e. The molecule has 4 nitrogen and oxygen atoms in total. The van der Waals surface area contributed by atoms with Crippen LogP contribution in [0.25, 0.3) is 0 Å². The Balaban J connectivity index is 1.68. The molecule has 2 amide bonds. The maximum Gasteiger partial charge on any atom is 0.225 e. The highest BCUT2D eigenvalue weighted by molar-refractivity contribution is 7.12. The van der Waals surface area contributed by atoms with E-state index in [0.29, 0.717) is 25.9 Å². The Morgan fingerprint density at radius 1 is 1.13 bits per heavy atom. The lowest BCUT2D eigenvalue weighted by molar-refractivity contribution is -0.130. The number of carbonyl (C=O) groups is 2. The van der Waals surface area contributed by atoms with Crippen LogP contribution in [0.3, 0.4) is 0 Å². The molecular formula is C18H22N2O2S. The van der Waals surface area contributed by atoms with Crippen molar-refractivity contribution in [2.24, 2.45) is 0 Å². The molecule has 0 unspecified atom stereocenters. The maximum absolute atomic E-state index is 12.1. The summed E-state index contributed by atoms with van der Waals surface area (Å²) in [6, 6.07) is 13.8. The third kappa shape index (κ3) is 5.87. The van der Waals surface area contributed by atoms with E-state index in [1.165, 1.54) is 4.88 Å². The molecule has 0 saturated heterocycles. The molecule has 2 rings (SSSR count). The molecule has 1 aromatic heterocycles. The highest BCUT2D eigenvalue weighted by atomic mass is 32.1. The number of hydrogen-bond donors (Lipinski definition) is 1. The van der Waals surface area contributed by atoms with Crippen LogP contribution in [0.15, 0.2) is 42.5 Å². The fraction of sp³-hybridized carbons (Fsp3) is 0.333. The number of rotatable bonds is 7. The number of amides is 2. The quantitative estimate of drug-likeness (QED) is 0.849. The van der Waals surface area contributed by atoms with Gasteiger partial charge in [-0.05, 0) is 24.6 Å². The first kappa shape index (κ1) is 17.2. The Morgan fingerprint density at radius 2 is 1.87 bits per heavy atom. The van der Waals surface area contributed by atoms with Crippen molar-refractivity contribution in [2.45, 2.75) is 26.3 Å². The van der Waals surface area contributed by atoms with Gasteiger partial charge in [0.05, 0.1) is 6.42 Å². The first-order valence-corrected chi connectivity index (χ1v) is 8.46. The predicted octanol–water partition coefficient (Wildman–Crippen LogP) is 2.76. The van der Waals surface area contributed by atoms with Gasteiger partial charge in [0.1, 0.15) is 0 Å². The van der Waals surface area contributed by atoms with E-state index in [1.54, 1.807) is 23.3 Å². The Kier molecular flexibility index (Phi) is 6.35. The predicted molar refractivity (Wildman–Crippen MR) is 93.3 cm³/mol. The van der Waals surface area contributed by atoms with E-state index in [-0.39, 0.29) is 11.8 Å². The van der Waals surface area contributed by atoms with Crippen LogP contribution in [-0.2, 0) is 22.6 Å². The van der Waals surface area contributed by atoms with Gasteiger partial charge in [0.15, 0.2) is 0 Å². The zero-order valence-corrected chi connectivity index (χ0v) is 14.4. The molecule has 1 heterocycles. The van der Waals surface area contributed by atoms with Gasteiger partial charge in [-0.25, -0.2) is 0 Å². The molecule has 0 bridgehead atoms. The smallest absolute Gasteiger partial charge is 0.225 e. The van der Waals surface area contributed by atoms with Gasteiger partial charge < -0.3 is 10.2 Å². The summed E-state index contributed by atoms with van der Waals surface area (Å²) in [5.41, 5.74) is 1.10. The van der Waals surface area contributed by atoms with Crippen LogP contribution in [0.1, 0.15) is 21.7 Å². The van der Waals surface area contributed by atoms with Gasteiger partial charge in [0, 0.05) is 36.3 Å². The third-order valence-electron chi connectivity index (χ3n) is 3.48. The van der Waals surface area contributed by atoms with E-state index in [4.69, 9.17) is 0 Å². The van der Waals surface area contributed by atoms with Crippen molar-refractivity contribution < 1.29 is 9.59 Å². The summed E-state index contributed by atoms with van der Waals surface area (Å²) in [5, 5.41) is 2.81. The second-order valence-corrected chi connectivity index (χ2v) is 6.90. The lowest BCUT2D eigenvalue weighted by atomic mass is 10.2. The van der Waals surface area contributed by atoms with Crippen LogP contribution in [0.4, 0.5) is 0 Å². The van der Waals surface area contributed by atoms with Crippen LogP contribution >= 0.6 is 11.3 Å². The highest BCUT2D eigenvalue weighted by Crippen LogP contribution is 2.15. The van der Waals surface area contributed by atoms with Gasteiger partial charge in [-0.15, -0.1) is 11.3 Å². The highest BCUT2D eigenvalue weighted by Gasteiger charge is 2.10. The minimum atomic E-state index is -0.0367. The molecule has 0 saturated carbocycles. The van der Waals surface area contributed by atoms with Gasteiger partial charge in [0.2, 0.25) is 11.8 Å². The molecule has 0 aliphatic rings. The summed E-state index contributed by atoms with van der Waals surface area (Å²) in [6.45, 7) is 2.98. The van der Waals surface area contributed by atoms with Crippen molar-refractivity contribution in [1.29, 1.82) is 0 Å². The normalized spacial score (nSPS) is 10.3. The number of thiophene rings is 1. The van der Waals surface area contributed by atoms with Crippen molar-refractivity contribution in [1.82, 2.24) is 10.2 Å². The Morgan fingerprint density at radius 3 is 2.52 bits per heavy atom. The Hall–Kier alpha value is -2.14. The average molecular weight is 330 g/mol. The second-order valence-electron chi connectivity index (χ2n) is 5.52. The van der Waals surface area contributed by atoms with E-state index in [9.17, 15) is 9.59 Å². The lowest BCUT2D eigenvalue weighted by Crippen LogP contribution is -2.32. The molecule has 23 heavy (non-hydrogen) atoms. The first-order chi connectivity index (χ1) is 11.0. The van der Waals surface area contributed by atoms with Gasteiger partial charge in [-0.3, -0.25) is 9.59 Å².